The summed E-state index contributed by atoms with van der Waals surface area (Å²) in [6, 6.07) is 10.7. The monoisotopic (exact) mass is 389 g/mol. The molecule has 8 heteroatoms. The highest BCUT2D eigenvalue weighted by Gasteiger charge is 2.17. The van der Waals surface area contributed by atoms with Crippen LogP contribution in [0.1, 0.15) is 23.2 Å². The normalized spacial score (nSPS) is 16.1. The lowest BCUT2D eigenvalue weighted by Gasteiger charge is -2.10. The Morgan fingerprint density at radius 2 is 2.07 bits per heavy atom. The minimum atomic E-state index is -0.553. The van der Waals surface area contributed by atoms with Crippen LogP contribution in [0.4, 0.5) is 5.69 Å². The number of halogens is 1. The van der Waals surface area contributed by atoms with Crippen molar-refractivity contribution in [3.05, 3.63) is 63.2 Å². The van der Waals surface area contributed by atoms with Gasteiger partial charge in [0.25, 0.3) is 5.91 Å². The Hall–Kier alpha value is -2.64. The van der Waals surface area contributed by atoms with Gasteiger partial charge in [-0.1, -0.05) is 11.6 Å². The van der Waals surface area contributed by atoms with E-state index in [4.69, 9.17) is 16.3 Å². The molecule has 0 spiro atoms. The molecule has 1 amide bonds. The van der Waals surface area contributed by atoms with Gasteiger partial charge in [0.05, 0.1) is 4.92 Å². The lowest BCUT2D eigenvalue weighted by molar-refractivity contribution is -0.385. The Balaban J connectivity index is 1.58. The topological polar surface area (TPSA) is 93.5 Å². The second-order valence-electron chi connectivity index (χ2n) is 6.40. The summed E-state index contributed by atoms with van der Waals surface area (Å²) in [5, 5.41) is 17.6. The number of ether oxygens (including phenoxy) is 1. The summed E-state index contributed by atoms with van der Waals surface area (Å²) >= 11 is 5.79. The van der Waals surface area contributed by atoms with Crippen LogP contribution in [0.15, 0.2) is 42.5 Å². The van der Waals surface area contributed by atoms with Crippen LogP contribution in [0.3, 0.4) is 0 Å². The van der Waals surface area contributed by atoms with E-state index in [1.165, 1.54) is 18.2 Å². The van der Waals surface area contributed by atoms with Crippen LogP contribution >= 0.6 is 11.6 Å². The van der Waals surface area contributed by atoms with Gasteiger partial charge in [0, 0.05) is 23.2 Å². The van der Waals surface area contributed by atoms with Crippen molar-refractivity contribution in [3.8, 4) is 11.5 Å². The lowest BCUT2D eigenvalue weighted by atomic mass is 10.1. The molecule has 3 rings (SSSR count). The van der Waals surface area contributed by atoms with E-state index >= 15 is 0 Å². The smallest absolute Gasteiger partial charge is 0.313 e. The third kappa shape index (κ3) is 5.18. The van der Waals surface area contributed by atoms with Crippen LogP contribution in [0, 0.1) is 16.0 Å². The minimum Gasteiger partial charge on any atom is -0.450 e. The molecular weight excluding hydrogens is 370 g/mol. The largest absolute Gasteiger partial charge is 0.450 e. The first-order valence-corrected chi connectivity index (χ1v) is 9.11. The second kappa shape index (κ2) is 8.83. The maximum Gasteiger partial charge on any atom is 0.313 e. The summed E-state index contributed by atoms with van der Waals surface area (Å²) < 4.78 is 5.57. The number of nitrogens with zero attached hydrogens (tertiary/aromatic N) is 1. The van der Waals surface area contributed by atoms with Crippen molar-refractivity contribution in [1.82, 2.24) is 10.6 Å². The zero-order valence-corrected chi connectivity index (χ0v) is 15.4. The number of amides is 1. The standard InChI is InChI=1S/C19H20ClN3O4/c20-15-3-6-18(17(11-15)23(25)26)27-16-4-1-14(2-5-16)19(24)22-10-8-13-7-9-21-12-13/h1-6,11,13,21H,7-10,12H2,(H,22,24). The second-order valence-corrected chi connectivity index (χ2v) is 6.84. The molecule has 1 unspecified atom stereocenters. The molecule has 2 aromatic rings. The van der Waals surface area contributed by atoms with Gasteiger partial charge in [-0.15, -0.1) is 0 Å². The average molecular weight is 390 g/mol. The summed E-state index contributed by atoms with van der Waals surface area (Å²) in [5.41, 5.74) is 0.295. The molecular formula is C19H20ClN3O4. The van der Waals surface area contributed by atoms with Crippen LogP contribution in [0.5, 0.6) is 11.5 Å². The molecule has 1 heterocycles. The van der Waals surface area contributed by atoms with Gasteiger partial charge in [0.15, 0.2) is 0 Å². The molecule has 1 atom stereocenters. The first-order valence-electron chi connectivity index (χ1n) is 8.73. The first kappa shape index (κ1) is 19.1. The minimum absolute atomic E-state index is 0.0896. The van der Waals surface area contributed by atoms with E-state index in [9.17, 15) is 14.9 Å². The van der Waals surface area contributed by atoms with Gasteiger partial charge in [-0.05, 0) is 68.2 Å². The van der Waals surface area contributed by atoms with Crippen molar-refractivity contribution in [3.63, 3.8) is 0 Å². The Bertz CT molecular complexity index is 820. The molecule has 1 aliphatic rings. The van der Waals surface area contributed by atoms with Crippen molar-refractivity contribution in [1.29, 1.82) is 0 Å². The van der Waals surface area contributed by atoms with Crippen LogP contribution in [0.25, 0.3) is 0 Å². The third-order valence-electron chi connectivity index (χ3n) is 4.46. The van der Waals surface area contributed by atoms with Crippen LogP contribution in [-0.4, -0.2) is 30.5 Å². The van der Waals surface area contributed by atoms with Gasteiger partial charge in [-0.3, -0.25) is 14.9 Å². The fraction of sp³-hybridized carbons (Fsp3) is 0.316. The molecule has 0 bridgehead atoms. The predicted molar refractivity (Wildman–Crippen MR) is 103 cm³/mol. The zero-order valence-electron chi connectivity index (χ0n) is 14.6. The molecule has 1 fully saturated rings. The average Bonchev–Trinajstić information content (AvgIpc) is 3.17. The molecule has 0 saturated carbocycles. The van der Waals surface area contributed by atoms with E-state index in [2.05, 4.69) is 10.6 Å². The van der Waals surface area contributed by atoms with E-state index in [-0.39, 0.29) is 22.4 Å². The highest BCUT2D eigenvalue weighted by Crippen LogP contribution is 2.33. The van der Waals surface area contributed by atoms with Crippen LogP contribution in [0.2, 0.25) is 5.02 Å². The van der Waals surface area contributed by atoms with Gasteiger partial charge in [-0.25, -0.2) is 0 Å². The Labute approximate surface area is 161 Å². The molecule has 142 valence electrons. The molecule has 0 radical (unpaired) electrons. The number of carbonyl (C=O) groups excluding carboxylic acids is 1. The van der Waals surface area contributed by atoms with Crippen LogP contribution in [-0.2, 0) is 0 Å². The van der Waals surface area contributed by atoms with E-state index < -0.39 is 4.92 Å². The lowest BCUT2D eigenvalue weighted by Crippen LogP contribution is -2.26. The molecule has 1 aliphatic heterocycles. The molecule has 7 nitrogen and oxygen atoms in total. The maximum absolute atomic E-state index is 12.2. The molecule has 27 heavy (non-hydrogen) atoms. The van der Waals surface area contributed by atoms with Gasteiger partial charge >= 0.3 is 5.69 Å². The number of carbonyl (C=O) groups is 1. The predicted octanol–water partition coefficient (Wildman–Crippen LogP) is 3.77. The van der Waals surface area contributed by atoms with Gasteiger partial charge in [0.1, 0.15) is 5.75 Å². The molecule has 2 N–H and O–H groups in total. The Kier molecular flexibility index (Phi) is 6.26. The van der Waals surface area contributed by atoms with E-state index in [1.807, 2.05) is 0 Å². The van der Waals surface area contributed by atoms with E-state index in [1.54, 1.807) is 24.3 Å². The summed E-state index contributed by atoms with van der Waals surface area (Å²) in [7, 11) is 0. The molecule has 1 saturated heterocycles. The number of hydrogen-bond donors (Lipinski definition) is 2. The Morgan fingerprint density at radius 1 is 1.30 bits per heavy atom. The van der Waals surface area contributed by atoms with E-state index in [0.29, 0.717) is 23.8 Å². The highest BCUT2D eigenvalue weighted by atomic mass is 35.5. The fourth-order valence-corrected chi connectivity index (χ4v) is 3.14. The highest BCUT2D eigenvalue weighted by molar-refractivity contribution is 6.30. The van der Waals surface area contributed by atoms with Gasteiger partial charge < -0.3 is 15.4 Å². The first-order chi connectivity index (χ1) is 13.0. The van der Waals surface area contributed by atoms with Gasteiger partial charge in [-0.2, -0.15) is 0 Å². The zero-order chi connectivity index (χ0) is 19.2. The molecule has 0 aromatic heterocycles. The Morgan fingerprint density at radius 3 is 2.74 bits per heavy atom. The quantitative estimate of drug-likeness (QED) is 0.555. The number of nitro benzene ring substituents is 1. The van der Waals surface area contributed by atoms with Gasteiger partial charge in [0.2, 0.25) is 5.75 Å². The molecule has 0 aliphatic carbocycles. The SMILES string of the molecule is O=C(NCCC1CCNC1)c1ccc(Oc2ccc(Cl)cc2[N+](=O)[O-])cc1. The summed E-state index contributed by atoms with van der Waals surface area (Å²) in [5.74, 6) is 0.960. The maximum atomic E-state index is 12.2. The number of rotatable bonds is 7. The summed E-state index contributed by atoms with van der Waals surface area (Å²) in [6.07, 6.45) is 2.11. The summed E-state index contributed by atoms with van der Waals surface area (Å²) in [4.78, 5) is 22.8. The van der Waals surface area contributed by atoms with Crippen molar-refractivity contribution in [2.45, 2.75) is 12.8 Å². The van der Waals surface area contributed by atoms with Crippen LogP contribution < -0.4 is 15.4 Å². The number of hydrogen-bond acceptors (Lipinski definition) is 5. The number of benzene rings is 2. The van der Waals surface area contributed by atoms with Crippen molar-refractivity contribution < 1.29 is 14.5 Å². The van der Waals surface area contributed by atoms with Crippen molar-refractivity contribution >= 4 is 23.2 Å². The third-order valence-corrected chi connectivity index (χ3v) is 4.70. The fourth-order valence-electron chi connectivity index (χ4n) is 2.97. The summed E-state index contributed by atoms with van der Waals surface area (Å²) in [6.45, 7) is 2.70. The van der Waals surface area contributed by atoms with Crippen molar-refractivity contribution in [2.24, 2.45) is 5.92 Å². The number of nitrogens with one attached hydrogen (secondary N) is 2. The van der Waals surface area contributed by atoms with Crippen molar-refractivity contribution in [2.75, 3.05) is 19.6 Å². The number of nitro groups is 1. The van der Waals surface area contributed by atoms with E-state index in [0.717, 1.165) is 25.9 Å². The molecule has 2 aromatic carbocycles.